The third-order valence-electron chi connectivity index (χ3n) is 3.42. The molecule has 2 aromatic rings. The average molecular weight is 349 g/mol. The first-order chi connectivity index (χ1) is 9.97. The molecule has 0 aromatic heterocycles. The fourth-order valence-corrected chi connectivity index (χ4v) is 2.36. The first-order valence-electron chi connectivity index (χ1n) is 6.70. The third kappa shape index (κ3) is 4.12. The van der Waals surface area contributed by atoms with Gasteiger partial charge in [-0.1, -0.05) is 40.2 Å². The topological polar surface area (TPSA) is 55.2 Å². The molecule has 5 heteroatoms. The summed E-state index contributed by atoms with van der Waals surface area (Å²) >= 11 is 3.48. The van der Waals surface area contributed by atoms with Crippen LogP contribution in [0, 0.1) is 17.0 Å². The van der Waals surface area contributed by atoms with Gasteiger partial charge in [0, 0.05) is 29.2 Å². The standard InChI is InChI=1S/C16H17BrN2O2/c1-11-8-13(6-7-16(11)17)10-18-12(2)14-4-3-5-15(9-14)19(20)21/h3-9,12,18H,10H2,1-2H3. The Kier molecular flexibility index (Phi) is 5.09. The second-order valence-corrected chi connectivity index (χ2v) is 5.89. The fraction of sp³-hybridized carbons (Fsp3) is 0.250. The number of non-ortho nitro benzene ring substituents is 1. The first-order valence-corrected chi connectivity index (χ1v) is 7.49. The van der Waals surface area contributed by atoms with E-state index in [-0.39, 0.29) is 16.7 Å². The fourth-order valence-electron chi connectivity index (χ4n) is 2.11. The molecule has 0 bridgehead atoms. The number of rotatable bonds is 5. The molecule has 2 aromatic carbocycles. The van der Waals surface area contributed by atoms with Crippen LogP contribution in [0.1, 0.15) is 29.7 Å². The van der Waals surface area contributed by atoms with Crippen molar-refractivity contribution in [2.45, 2.75) is 26.4 Å². The summed E-state index contributed by atoms with van der Waals surface area (Å²) in [5.74, 6) is 0. The molecule has 1 N–H and O–H groups in total. The molecule has 0 fully saturated rings. The van der Waals surface area contributed by atoms with Crippen molar-refractivity contribution >= 4 is 21.6 Å². The van der Waals surface area contributed by atoms with Crippen LogP contribution in [0.3, 0.4) is 0 Å². The van der Waals surface area contributed by atoms with Gasteiger partial charge in [0.05, 0.1) is 4.92 Å². The maximum Gasteiger partial charge on any atom is 0.269 e. The lowest BCUT2D eigenvalue weighted by molar-refractivity contribution is -0.384. The van der Waals surface area contributed by atoms with Crippen molar-refractivity contribution in [3.05, 3.63) is 73.7 Å². The SMILES string of the molecule is Cc1cc(CNC(C)c2cccc([N+](=O)[O-])c2)ccc1Br. The second-order valence-electron chi connectivity index (χ2n) is 5.04. The van der Waals surface area contributed by atoms with Gasteiger partial charge in [-0.3, -0.25) is 10.1 Å². The quantitative estimate of drug-likeness (QED) is 0.638. The summed E-state index contributed by atoms with van der Waals surface area (Å²) in [4.78, 5) is 10.4. The van der Waals surface area contributed by atoms with Crippen molar-refractivity contribution in [1.29, 1.82) is 0 Å². The number of nitrogens with one attached hydrogen (secondary N) is 1. The number of aryl methyl sites for hydroxylation is 1. The van der Waals surface area contributed by atoms with E-state index in [0.29, 0.717) is 0 Å². The summed E-state index contributed by atoms with van der Waals surface area (Å²) in [7, 11) is 0. The molecule has 0 saturated carbocycles. The van der Waals surface area contributed by atoms with Gasteiger partial charge in [-0.25, -0.2) is 0 Å². The van der Waals surface area contributed by atoms with Gasteiger partial charge in [0.25, 0.3) is 5.69 Å². The zero-order chi connectivity index (χ0) is 15.4. The van der Waals surface area contributed by atoms with E-state index in [1.54, 1.807) is 12.1 Å². The maximum atomic E-state index is 10.8. The van der Waals surface area contributed by atoms with Gasteiger partial charge in [-0.2, -0.15) is 0 Å². The molecular weight excluding hydrogens is 332 g/mol. The first kappa shape index (κ1) is 15.7. The van der Waals surface area contributed by atoms with Crippen LogP contribution < -0.4 is 5.32 Å². The van der Waals surface area contributed by atoms with Gasteiger partial charge in [-0.05, 0) is 36.6 Å². The summed E-state index contributed by atoms with van der Waals surface area (Å²) in [6.45, 7) is 4.78. The number of benzene rings is 2. The number of halogens is 1. The van der Waals surface area contributed by atoms with Gasteiger partial charge in [0.2, 0.25) is 0 Å². The molecule has 0 radical (unpaired) electrons. The van der Waals surface area contributed by atoms with Crippen LogP contribution in [0.2, 0.25) is 0 Å². The summed E-state index contributed by atoms with van der Waals surface area (Å²) < 4.78 is 1.10. The van der Waals surface area contributed by atoms with E-state index in [1.165, 1.54) is 17.2 Å². The Labute approximate surface area is 132 Å². The molecule has 1 atom stereocenters. The minimum absolute atomic E-state index is 0.0499. The number of nitro groups is 1. The van der Waals surface area contributed by atoms with Crippen molar-refractivity contribution in [3.63, 3.8) is 0 Å². The lowest BCUT2D eigenvalue weighted by Gasteiger charge is -2.14. The number of hydrogen-bond donors (Lipinski definition) is 1. The lowest BCUT2D eigenvalue weighted by Crippen LogP contribution is -2.18. The summed E-state index contributed by atoms with van der Waals surface area (Å²) in [6.07, 6.45) is 0. The number of hydrogen-bond acceptors (Lipinski definition) is 3. The Morgan fingerprint density at radius 2 is 2.05 bits per heavy atom. The van der Waals surface area contributed by atoms with E-state index in [1.807, 2.05) is 19.1 Å². The highest BCUT2D eigenvalue weighted by molar-refractivity contribution is 9.10. The molecule has 2 rings (SSSR count). The molecule has 21 heavy (non-hydrogen) atoms. The Balaban J connectivity index is 2.04. The third-order valence-corrected chi connectivity index (χ3v) is 4.31. The molecule has 110 valence electrons. The molecule has 0 aliphatic heterocycles. The smallest absolute Gasteiger partial charge is 0.269 e. The number of nitro benzene ring substituents is 1. The average Bonchev–Trinajstić information content (AvgIpc) is 2.48. The monoisotopic (exact) mass is 348 g/mol. The van der Waals surface area contributed by atoms with Crippen molar-refractivity contribution in [1.82, 2.24) is 5.32 Å². The Bertz CT molecular complexity index is 658. The minimum Gasteiger partial charge on any atom is -0.306 e. The van der Waals surface area contributed by atoms with Crippen molar-refractivity contribution in [3.8, 4) is 0 Å². The zero-order valence-electron chi connectivity index (χ0n) is 12.0. The predicted octanol–water partition coefficient (Wildman–Crippen LogP) is 4.52. The van der Waals surface area contributed by atoms with E-state index < -0.39 is 0 Å². The van der Waals surface area contributed by atoms with E-state index in [4.69, 9.17) is 0 Å². The lowest BCUT2D eigenvalue weighted by atomic mass is 10.1. The Morgan fingerprint density at radius 1 is 1.29 bits per heavy atom. The maximum absolute atomic E-state index is 10.8. The number of nitrogens with zero attached hydrogens (tertiary/aromatic N) is 1. The second kappa shape index (κ2) is 6.83. The Hall–Kier alpha value is -1.72. The van der Waals surface area contributed by atoms with E-state index >= 15 is 0 Å². The normalized spacial score (nSPS) is 12.1. The summed E-state index contributed by atoms with van der Waals surface area (Å²) in [5, 5.41) is 14.2. The van der Waals surface area contributed by atoms with Gasteiger partial charge in [0.1, 0.15) is 0 Å². The molecule has 0 amide bonds. The van der Waals surface area contributed by atoms with Crippen molar-refractivity contribution < 1.29 is 4.92 Å². The van der Waals surface area contributed by atoms with Gasteiger partial charge in [0.15, 0.2) is 0 Å². The van der Waals surface area contributed by atoms with E-state index in [0.717, 1.165) is 16.6 Å². The highest BCUT2D eigenvalue weighted by Crippen LogP contribution is 2.20. The van der Waals surface area contributed by atoms with Gasteiger partial charge >= 0.3 is 0 Å². The van der Waals surface area contributed by atoms with Crippen LogP contribution in [-0.4, -0.2) is 4.92 Å². The summed E-state index contributed by atoms with van der Waals surface area (Å²) in [6, 6.07) is 13.0. The van der Waals surface area contributed by atoms with Crippen molar-refractivity contribution in [2.24, 2.45) is 0 Å². The Morgan fingerprint density at radius 3 is 2.71 bits per heavy atom. The highest BCUT2D eigenvalue weighted by Gasteiger charge is 2.10. The van der Waals surface area contributed by atoms with Crippen LogP contribution >= 0.6 is 15.9 Å². The van der Waals surface area contributed by atoms with Crippen LogP contribution in [0.25, 0.3) is 0 Å². The molecule has 0 heterocycles. The molecule has 0 aliphatic rings. The van der Waals surface area contributed by atoms with E-state index in [9.17, 15) is 10.1 Å². The van der Waals surface area contributed by atoms with Gasteiger partial charge < -0.3 is 5.32 Å². The molecular formula is C16H17BrN2O2. The molecule has 0 saturated heterocycles. The van der Waals surface area contributed by atoms with Crippen LogP contribution in [0.5, 0.6) is 0 Å². The van der Waals surface area contributed by atoms with E-state index in [2.05, 4.69) is 40.3 Å². The molecule has 0 spiro atoms. The zero-order valence-corrected chi connectivity index (χ0v) is 13.6. The minimum atomic E-state index is -0.367. The van der Waals surface area contributed by atoms with Crippen molar-refractivity contribution in [2.75, 3.05) is 0 Å². The molecule has 4 nitrogen and oxygen atoms in total. The van der Waals surface area contributed by atoms with Crippen LogP contribution in [0.4, 0.5) is 5.69 Å². The molecule has 1 unspecified atom stereocenters. The highest BCUT2D eigenvalue weighted by atomic mass is 79.9. The predicted molar refractivity (Wildman–Crippen MR) is 87.2 cm³/mol. The van der Waals surface area contributed by atoms with Crippen LogP contribution in [0.15, 0.2) is 46.9 Å². The largest absolute Gasteiger partial charge is 0.306 e. The van der Waals surface area contributed by atoms with Gasteiger partial charge in [-0.15, -0.1) is 0 Å². The molecule has 0 aliphatic carbocycles. The van der Waals surface area contributed by atoms with Crippen LogP contribution in [-0.2, 0) is 6.54 Å². The summed E-state index contributed by atoms with van der Waals surface area (Å²) in [5.41, 5.74) is 3.42.